The van der Waals surface area contributed by atoms with Crippen LogP contribution < -0.4 is 0 Å². The minimum Gasteiger partial charge on any atom is -0.302 e. The van der Waals surface area contributed by atoms with Crippen LogP contribution >= 0.6 is 11.8 Å². The minimum absolute atomic E-state index is 0.975. The van der Waals surface area contributed by atoms with Gasteiger partial charge in [-0.25, -0.2) is 0 Å². The van der Waals surface area contributed by atoms with Crippen molar-refractivity contribution in [3.8, 4) is 0 Å². The molecule has 6 nitrogen and oxygen atoms in total. The lowest BCUT2D eigenvalue weighted by molar-refractivity contribution is 0.293. The molecule has 0 fully saturated rings. The van der Waals surface area contributed by atoms with Crippen molar-refractivity contribution >= 4 is 11.8 Å². The first-order valence-electron chi connectivity index (χ1n) is 14.0. The lowest BCUT2D eigenvalue weighted by Gasteiger charge is -2.24. The van der Waals surface area contributed by atoms with Gasteiger partial charge in [-0.2, -0.15) is 11.8 Å². The second kappa shape index (κ2) is 17.5. The van der Waals surface area contributed by atoms with Gasteiger partial charge in [0, 0.05) is 124 Å². The Labute approximate surface area is 238 Å². The van der Waals surface area contributed by atoms with E-state index < -0.39 is 0 Å². The van der Waals surface area contributed by atoms with E-state index in [1.807, 2.05) is 49.1 Å². The smallest absolute Gasteiger partial charge is 0.0416 e. The van der Waals surface area contributed by atoms with E-state index in [2.05, 4.69) is 90.0 Å². The van der Waals surface area contributed by atoms with Crippen LogP contribution in [-0.2, 0) is 25.7 Å². The van der Waals surface area contributed by atoms with Crippen LogP contribution in [0.3, 0.4) is 0 Å². The normalized spacial score (nSPS) is 11.3. The average molecular weight is 541 g/mol. The molecule has 0 saturated heterocycles. The van der Waals surface area contributed by atoms with Crippen LogP contribution in [0.5, 0.6) is 0 Å². The molecule has 7 heteroatoms. The standard InChI is InChI=1S/C32H40N6S/c1-5-17-33-29(9-1)13-21-37(22-14-30-10-2-6-18-34-30)25-27-39-28-26-38(23-15-31-11-3-7-19-35-31)24-16-32-12-4-8-20-36-32/h1-12,17-20H,13-16,21-28H2. The van der Waals surface area contributed by atoms with Gasteiger partial charge < -0.3 is 9.80 Å². The molecule has 0 aliphatic rings. The second-order valence-electron chi connectivity index (χ2n) is 9.58. The van der Waals surface area contributed by atoms with E-state index in [-0.39, 0.29) is 0 Å². The maximum Gasteiger partial charge on any atom is 0.0416 e. The molecular weight excluding hydrogens is 500 g/mol. The topological polar surface area (TPSA) is 58.0 Å². The maximum absolute atomic E-state index is 4.52. The van der Waals surface area contributed by atoms with Gasteiger partial charge >= 0.3 is 0 Å². The third kappa shape index (κ3) is 11.6. The Morgan fingerprint density at radius 3 is 0.974 bits per heavy atom. The van der Waals surface area contributed by atoms with Gasteiger partial charge in [-0.3, -0.25) is 19.9 Å². The van der Waals surface area contributed by atoms with Gasteiger partial charge in [-0.1, -0.05) is 24.3 Å². The molecule has 4 aromatic heterocycles. The van der Waals surface area contributed by atoms with Gasteiger partial charge in [-0.05, 0) is 48.5 Å². The van der Waals surface area contributed by atoms with Crippen LogP contribution in [0.25, 0.3) is 0 Å². The fourth-order valence-corrected chi connectivity index (χ4v) is 5.41. The average Bonchev–Trinajstić information content (AvgIpc) is 3.01. The Balaban J connectivity index is 1.23. The number of pyridine rings is 4. The molecule has 39 heavy (non-hydrogen) atoms. The molecule has 0 saturated carbocycles. The molecule has 0 aliphatic heterocycles. The summed E-state index contributed by atoms with van der Waals surface area (Å²) in [5, 5.41) is 0. The van der Waals surface area contributed by atoms with Gasteiger partial charge in [0.05, 0.1) is 0 Å². The zero-order chi connectivity index (χ0) is 26.8. The summed E-state index contributed by atoms with van der Waals surface area (Å²) in [6.07, 6.45) is 11.4. The number of nitrogens with zero attached hydrogens (tertiary/aromatic N) is 6. The molecule has 0 unspecified atom stereocenters. The molecule has 0 spiro atoms. The summed E-state index contributed by atoms with van der Waals surface area (Å²) in [4.78, 5) is 23.2. The third-order valence-corrected chi connectivity index (χ3v) is 7.69. The lowest BCUT2D eigenvalue weighted by atomic mass is 10.2. The van der Waals surface area contributed by atoms with Crippen LogP contribution in [0.4, 0.5) is 0 Å². The molecular formula is C32H40N6S. The molecule has 0 atom stereocenters. The zero-order valence-corrected chi connectivity index (χ0v) is 23.6. The van der Waals surface area contributed by atoms with E-state index in [0.29, 0.717) is 0 Å². The molecule has 0 radical (unpaired) electrons. The first kappa shape index (κ1) is 28.9. The summed E-state index contributed by atoms with van der Waals surface area (Å²) in [5.41, 5.74) is 4.63. The molecule has 0 bridgehead atoms. The number of hydrogen-bond donors (Lipinski definition) is 0. The maximum atomic E-state index is 4.52. The van der Waals surface area contributed by atoms with Crippen LogP contribution in [0.2, 0.25) is 0 Å². The van der Waals surface area contributed by atoms with Crippen molar-refractivity contribution in [3.63, 3.8) is 0 Å². The number of aromatic nitrogens is 4. The molecule has 4 aromatic rings. The van der Waals surface area contributed by atoms with E-state index in [4.69, 9.17) is 0 Å². The largest absolute Gasteiger partial charge is 0.302 e. The Morgan fingerprint density at radius 2 is 0.718 bits per heavy atom. The predicted molar refractivity (Wildman–Crippen MR) is 162 cm³/mol. The molecule has 0 N–H and O–H groups in total. The summed E-state index contributed by atoms with van der Waals surface area (Å²) in [7, 11) is 0. The fourth-order valence-electron chi connectivity index (χ4n) is 4.43. The Morgan fingerprint density at radius 1 is 0.410 bits per heavy atom. The van der Waals surface area contributed by atoms with Crippen molar-refractivity contribution < 1.29 is 0 Å². The SMILES string of the molecule is c1ccc(CCN(CCSCCN(CCc2ccccn2)CCc2ccccn2)CCc2ccccn2)nc1. The van der Waals surface area contributed by atoms with Crippen molar-refractivity contribution in [2.24, 2.45) is 0 Å². The monoisotopic (exact) mass is 540 g/mol. The first-order chi connectivity index (χ1) is 19.3. The van der Waals surface area contributed by atoms with Gasteiger partial charge in [0.25, 0.3) is 0 Å². The van der Waals surface area contributed by atoms with Crippen LogP contribution in [0.15, 0.2) is 97.6 Å². The summed E-state index contributed by atoms with van der Waals surface area (Å²) >= 11 is 2.05. The Kier molecular flexibility index (Phi) is 12.9. The highest BCUT2D eigenvalue weighted by atomic mass is 32.2. The summed E-state index contributed by atoms with van der Waals surface area (Å²) in [6, 6.07) is 24.7. The predicted octanol–water partition coefficient (Wildman–Crippen LogP) is 4.87. The first-order valence-corrected chi connectivity index (χ1v) is 15.1. The Hall–Kier alpha value is -3.13. The highest BCUT2D eigenvalue weighted by Gasteiger charge is 2.10. The summed E-state index contributed by atoms with van der Waals surface area (Å²) in [5.74, 6) is 2.25. The van der Waals surface area contributed by atoms with E-state index >= 15 is 0 Å². The summed E-state index contributed by atoms with van der Waals surface area (Å²) < 4.78 is 0. The van der Waals surface area contributed by atoms with Crippen molar-refractivity contribution in [1.82, 2.24) is 29.7 Å². The molecule has 204 valence electrons. The minimum atomic E-state index is 0.975. The van der Waals surface area contributed by atoms with Crippen molar-refractivity contribution in [1.29, 1.82) is 0 Å². The van der Waals surface area contributed by atoms with E-state index in [0.717, 1.165) is 99.2 Å². The highest BCUT2D eigenvalue weighted by molar-refractivity contribution is 7.99. The Bertz CT molecular complexity index is 968. The van der Waals surface area contributed by atoms with Gasteiger partial charge in [0.1, 0.15) is 0 Å². The molecule has 4 heterocycles. The lowest BCUT2D eigenvalue weighted by Crippen LogP contribution is -2.32. The molecule has 0 aromatic carbocycles. The number of hydrogen-bond acceptors (Lipinski definition) is 7. The molecule has 0 aliphatic carbocycles. The highest BCUT2D eigenvalue weighted by Crippen LogP contribution is 2.08. The van der Waals surface area contributed by atoms with Gasteiger partial charge in [0.15, 0.2) is 0 Å². The number of rotatable bonds is 18. The van der Waals surface area contributed by atoms with Crippen molar-refractivity contribution in [3.05, 3.63) is 120 Å². The summed E-state index contributed by atoms with van der Waals surface area (Å²) in [6.45, 7) is 6.23. The van der Waals surface area contributed by atoms with Crippen molar-refractivity contribution in [2.75, 3.05) is 50.8 Å². The fraction of sp³-hybridized carbons (Fsp3) is 0.375. The second-order valence-corrected chi connectivity index (χ2v) is 10.8. The third-order valence-electron chi connectivity index (χ3n) is 6.74. The quantitative estimate of drug-likeness (QED) is 0.167. The van der Waals surface area contributed by atoms with Crippen molar-refractivity contribution in [2.45, 2.75) is 25.7 Å². The van der Waals surface area contributed by atoms with Crippen LogP contribution in [0, 0.1) is 0 Å². The van der Waals surface area contributed by atoms with Gasteiger partial charge in [0.2, 0.25) is 0 Å². The molecule has 4 rings (SSSR count). The zero-order valence-electron chi connectivity index (χ0n) is 22.8. The van der Waals surface area contributed by atoms with Crippen LogP contribution in [0.1, 0.15) is 22.8 Å². The van der Waals surface area contributed by atoms with Crippen LogP contribution in [-0.4, -0.2) is 80.5 Å². The molecule has 0 amide bonds. The van der Waals surface area contributed by atoms with E-state index in [9.17, 15) is 0 Å². The van der Waals surface area contributed by atoms with E-state index in [1.165, 1.54) is 0 Å². The van der Waals surface area contributed by atoms with E-state index in [1.54, 1.807) is 0 Å². The number of thioether (sulfide) groups is 1. The van der Waals surface area contributed by atoms with Gasteiger partial charge in [-0.15, -0.1) is 0 Å².